The molecule has 0 aliphatic heterocycles. The molecule has 2 aromatic carbocycles. The van der Waals surface area contributed by atoms with Crippen LogP contribution in [0.25, 0.3) is 6.08 Å². The second-order valence-electron chi connectivity index (χ2n) is 6.39. The van der Waals surface area contributed by atoms with E-state index < -0.39 is 12.7 Å². The van der Waals surface area contributed by atoms with Gasteiger partial charge < -0.3 is 15.4 Å². The Kier molecular flexibility index (Phi) is 7.05. The molecule has 3 aromatic rings. The minimum atomic E-state index is -2.89. The predicted molar refractivity (Wildman–Crippen MR) is 111 cm³/mol. The lowest BCUT2D eigenvalue weighted by Crippen LogP contribution is -2.24. The number of rotatable bonds is 8. The molecule has 2 N–H and O–H groups in total. The first-order chi connectivity index (χ1) is 14.9. The zero-order chi connectivity index (χ0) is 22.2. The topological polar surface area (TPSA) is 98.1 Å². The van der Waals surface area contributed by atoms with E-state index in [-0.39, 0.29) is 17.6 Å². The summed E-state index contributed by atoms with van der Waals surface area (Å²) in [6.07, 6.45) is 5.68. The summed E-state index contributed by atoms with van der Waals surface area (Å²) >= 11 is 0. The van der Waals surface area contributed by atoms with Gasteiger partial charge in [0.15, 0.2) is 0 Å². The Morgan fingerprint density at radius 1 is 1.03 bits per heavy atom. The quantitative estimate of drug-likeness (QED) is 0.534. The van der Waals surface area contributed by atoms with Crippen molar-refractivity contribution in [1.29, 1.82) is 0 Å². The maximum atomic E-state index is 12.2. The van der Waals surface area contributed by atoms with Gasteiger partial charge in [0.1, 0.15) is 24.4 Å². The van der Waals surface area contributed by atoms with Crippen LogP contribution in [-0.4, -0.2) is 33.2 Å². The molecule has 0 fully saturated rings. The zero-order valence-corrected chi connectivity index (χ0v) is 16.4. The lowest BCUT2D eigenvalue weighted by molar-refractivity contribution is -0.119. The van der Waals surface area contributed by atoms with Crippen molar-refractivity contribution in [2.45, 2.75) is 19.6 Å². The molecule has 0 aliphatic rings. The molecular weight excluding hydrogens is 408 g/mol. The fourth-order valence-electron chi connectivity index (χ4n) is 2.54. The van der Waals surface area contributed by atoms with E-state index in [4.69, 9.17) is 0 Å². The second kappa shape index (κ2) is 10.1. The number of halogens is 2. The smallest absolute Gasteiger partial charge is 0.387 e. The van der Waals surface area contributed by atoms with E-state index >= 15 is 0 Å². The van der Waals surface area contributed by atoms with Crippen LogP contribution in [0, 0.1) is 0 Å². The van der Waals surface area contributed by atoms with E-state index in [0.29, 0.717) is 16.9 Å². The Bertz CT molecular complexity index is 1040. The molecular formula is C21H19F2N5O3. The molecule has 1 aromatic heterocycles. The van der Waals surface area contributed by atoms with Crippen molar-refractivity contribution in [3.8, 4) is 5.75 Å². The van der Waals surface area contributed by atoms with Crippen LogP contribution in [0.15, 0.2) is 67.3 Å². The van der Waals surface area contributed by atoms with Gasteiger partial charge in [-0.05, 0) is 55.0 Å². The van der Waals surface area contributed by atoms with Crippen molar-refractivity contribution in [3.05, 3.63) is 72.8 Å². The van der Waals surface area contributed by atoms with Crippen LogP contribution in [0.1, 0.15) is 18.5 Å². The Balaban J connectivity index is 1.51. The van der Waals surface area contributed by atoms with E-state index in [0.717, 1.165) is 0 Å². The van der Waals surface area contributed by atoms with E-state index in [1.54, 1.807) is 49.4 Å². The summed E-state index contributed by atoms with van der Waals surface area (Å²) in [4.78, 5) is 28.1. The van der Waals surface area contributed by atoms with Crippen molar-refractivity contribution < 1.29 is 23.1 Å². The first kappa shape index (κ1) is 21.6. The third kappa shape index (κ3) is 6.46. The molecule has 0 saturated heterocycles. The lowest BCUT2D eigenvalue weighted by Gasteiger charge is -2.12. The maximum Gasteiger partial charge on any atom is 0.387 e. The van der Waals surface area contributed by atoms with E-state index in [9.17, 15) is 18.4 Å². The number of alkyl halides is 2. The Morgan fingerprint density at radius 2 is 1.68 bits per heavy atom. The minimum Gasteiger partial charge on any atom is -0.435 e. The van der Waals surface area contributed by atoms with Gasteiger partial charge in [0, 0.05) is 17.5 Å². The molecule has 1 atom stereocenters. The van der Waals surface area contributed by atoms with Gasteiger partial charge in [-0.25, -0.2) is 9.67 Å². The molecule has 160 valence electrons. The van der Waals surface area contributed by atoms with Crippen molar-refractivity contribution in [2.75, 3.05) is 10.6 Å². The van der Waals surface area contributed by atoms with Crippen molar-refractivity contribution >= 4 is 29.3 Å². The van der Waals surface area contributed by atoms with Gasteiger partial charge in [-0.15, -0.1) is 0 Å². The van der Waals surface area contributed by atoms with E-state index in [1.165, 1.54) is 35.5 Å². The number of aromatic nitrogens is 3. The summed E-state index contributed by atoms with van der Waals surface area (Å²) in [6.45, 7) is -1.19. The highest BCUT2D eigenvalue weighted by atomic mass is 19.3. The van der Waals surface area contributed by atoms with Gasteiger partial charge in [0.2, 0.25) is 11.8 Å². The Morgan fingerprint density at radius 3 is 2.26 bits per heavy atom. The van der Waals surface area contributed by atoms with Gasteiger partial charge in [-0.3, -0.25) is 9.59 Å². The van der Waals surface area contributed by atoms with Crippen LogP contribution in [0.2, 0.25) is 0 Å². The third-order valence-corrected chi connectivity index (χ3v) is 4.17. The number of nitrogens with zero attached hydrogens (tertiary/aromatic N) is 3. The average molecular weight is 427 g/mol. The third-order valence-electron chi connectivity index (χ3n) is 4.17. The lowest BCUT2D eigenvalue weighted by atomic mass is 10.2. The summed E-state index contributed by atoms with van der Waals surface area (Å²) in [7, 11) is 0. The molecule has 31 heavy (non-hydrogen) atoms. The fourth-order valence-corrected chi connectivity index (χ4v) is 2.54. The second-order valence-corrected chi connectivity index (χ2v) is 6.39. The Hall–Kier alpha value is -4.08. The molecule has 0 saturated carbocycles. The molecule has 3 rings (SSSR count). The van der Waals surface area contributed by atoms with Gasteiger partial charge in [0.25, 0.3) is 0 Å². The SMILES string of the molecule is CC(C(=O)Nc1ccc(NC(=O)/C=C/c2ccc(OC(F)F)cc2)cc1)n1cncn1. The summed E-state index contributed by atoms with van der Waals surface area (Å²) in [5.41, 5.74) is 1.76. The van der Waals surface area contributed by atoms with Crippen LogP contribution >= 0.6 is 0 Å². The number of hydrogen-bond acceptors (Lipinski definition) is 5. The summed E-state index contributed by atoms with van der Waals surface area (Å²) in [5, 5.41) is 9.39. The van der Waals surface area contributed by atoms with Gasteiger partial charge in [-0.1, -0.05) is 12.1 Å². The van der Waals surface area contributed by atoms with Crippen LogP contribution in [0.3, 0.4) is 0 Å². The molecule has 1 unspecified atom stereocenters. The zero-order valence-electron chi connectivity index (χ0n) is 16.4. The molecule has 0 bridgehead atoms. The maximum absolute atomic E-state index is 12.2. The molecule has 10 heteroatoms. The summed E-state index contributed by atoms with van der Waals surface area (Å²) in [5.74, 6) is -0.584. The van der Waals surface area contributed by atoms with Gasteiger partial charge >= 0.3 is 6.61 Å². The minimum absolute atomic E-state index is 0.0412. The first-order valence-electron chi connectivity index (χ1n) is 9.19. The summed E-state index contributed by atoms with van der Waals surface area (Å²) in [6, 6.07) is 12.0. The number of ether oxygens (including phenoxy) is 1. The molecule has 0 aliphatic carbocycles. The highest BCUT2D eigenvalue weighted by Gasteiger charge is 2.15. The first-order valence-corrected chi connectivity index (χ1v) is 9.19. The van der Waals surface area contributed by atoms with Gasteiger partial charge in [0.05, 0.1) is 0 Å². The number of carbonyl (C=O) groups is 2. The molecule has 2 amide bonds. The number of hydrogen-bond donors (Lipinski definition) is 2. The van der Waals surface area contributed by atoms with E-state index in [2.05, 4.69) is 25.5 Å². The van der Waals surface area contributed by atoms with Crippen LogP contribution in [0.4, 0.5) is 20.2 Å². The molecule has 0 radical (unpaired) electrons. The van der Waals surface area contributed by atoms with Gasteiger partial charge in [-0.2, -0.15) is 13.9 Å². The van der Waals surface area contributed by atoms with Crippen LogP contribution in [0.5, 0.6) is 5.75 Å². The predicted octanol–water partition coefficient (Wildman–Crippen LogP) is 3.73. The van der Waals surface area contributed by atoms with Crippen molar-refractivity contribution in [2.24, 2.45) is 0 Å². The highest BCUT2D eigenvalue weighted by molar-refractivity contribution is 6.02. The average Bonchev–Trinajstić information content (AvgIpc) is 3.28. The monoisotopic (exact) mass is 427 g/mol. The molecule has 0 spiro atoms. The molecule has 1 heterocycles. The summed E-state index contributed by atoms with van der Waals surface area (Å²) < 4.78 is 30.0. The number of benzene rings is 2. The highest BCUT2D eigenvalue weighted by Crippen LogP contribution is 2.17. The molecule has 8 nitrogen and oxygen atoms in total. The Labute approximate surface area is 176 Å². The van der Waals surface area contributed by atoms with Crippen molar-refractivity contribution in [1.82, 2.24) is 14.8 Å². The van der Waals surface area contributed by atoms with Crippen LogP contribution in [-0.2, 0) is 9.59 Å². The fraction of sp³-hybridized carbons (Fsp3) is 0.143. The normalized spacial score (nSPS) is 12.0. The number of nitrogens with one attached hydrogen (secondary N) is 2. The number of amides is 2. The van der Waals surface area contributed by atoms with Crippen molar-refractivity contribution in [3.63, 3.8) is 0 Å². The van der Waals surface area contributed by atoms with Crippen LogP contribution < -0.4 is 15.4 Å². The largest absolute Gasteiger partial charge is 0.435 e. The van der Waals surface area contributed by atoms with E-state index in [1.807, 2.05) is 0 Å². The number of anilines is 2. The number of carbonyl (C=O) groups excluding carboxylic acids is 2. The standard InChI is InChI=1S/C21H19F2N5O3/c1-14(28-13-24-12-25-28)20(30)27-17-7-5-16(6-8-17)26-19(29)11-4-15-2-9-18(10-3-15)31-21(22)23/h2-14,21H,1H3,(H,26,29)(H,27,30)/b11-4+.